The van der Waals surface area contributed by atoms with Gasteiger partial charge in [0.05, 0.1) is 0 Å². The van der Waals surface area contributed by atoms with Crippen LogP contribution < -0.4 is 10.6 Å². The molecule has 1 unspecified atom stereocenters. The average molecular weight is 277 g/mol. The van der Waals surface area contributed by atoms with Gasteiger partial charge in [-0.3, -0.25) is 0 Å². The highest BCUT2D eigenvalue weighted by Gasteiger charge is 2.15. The molecule has 4 nitrogen and oxygen atoms in total. The molecular weight excluding hydrogens is 250 g/mol. The second-order valence-electron chi connectivity index (χ2n) is 5.21. The highest BCUT2D eigenvalue weighted by molar-refractivity contribution is 5.89. The van der Waals surface area contributed by atoms with Crippen molar-refractivity contribution in [3.8, 4) is 0 Å². The van der Waals surface area contributed by atoms with Crippen molar-refractivity contribution in [2.45, 2.75) is 46.7 Å². The first kappa shape index (κ1) is 16.5. The maximum atomic E-state index is 12.2. The van der Waals surface area contributed by atoms with Crippen LogP contribution in [0.3, 0.4) is 0 Å². The van der Waals surface area contributed by atoms with E-state index >= 15 is 0 Å². The number of benzene rings is 1. The van der Waals surface area contributed by atoms with Crippen LogP contribution in [0.1, 0.15) is 46.2 Å². The van der Waals surface area contributed by atoms with Crippen molar-refractivity contribution in [1.29, 1.82) is 0 Å². The van der Waals surface area contributed by atoms with Crippen LogP contribution in [-0.4, -0.2) is 30.1 Å². The molecule has 2 amide bonds. The summed E-state index contributed by atoms with van der Waals surface area (Å²) in [6, 6.07) is 8.44. The predicted octanol–water partition coefficient (Wildman–Crippen LogP) is 3.62. The zero-order chi connectivity index (χ0) is 15.1. The average Bonchev–Trinajstić information content (AvgIpc) is 2.39. The number of carbonyl (C=O) groups is 1. The highest BCUT2D eigenvalue weighted by Crippen LogP contribution is 2.18. The van der Waals surface area contributed by atoms with Crippen LogP contribution in [-0.2, 0) is 0 Å². The second kappa shape index (κ2) is 7.90. The topological polar surface area (TPSA) is 44.4 Å². The first-order chi connectivity index (χ1) is 9.49. The molecule has 0 aliphatic heterocycles. The van der Waals surface area contributed by atoms with E-state index < -0.39 is 0 Å². The third-order valence-electron chi connectivity index (χ3n) is 3.37. The molecule has 0 spiro atoms. The molecule has 20 heavy (non-hydrogen) atoms. The van der Waals surface area contributed by atoms with Crippen molar-refractivity contribution < 1.29 is 4.79 Å². The zero-order valence-electron chi connectivity index (χ0n) is 13.2. The summed E-state index contributed by atoms with van der Waals surface area (Å²) in [7, 11) is 0. The highest BCUT2D eigenvalue weighted by atomic mass is 16.2. The quantitative estimate of drug-likeness (QED) is 0.834. The summed E-state index contributed by atoms with van der Waals surface area (Å²) in [5.41, 5.74) is 2.02. The summed E-state index contributed by atoms with van der Waals surface area (Å²) in [4.78, 5) is 14.0. The molecule has 1 aromatic carbocycles. The van der Waals surface area contributed by atoms with Crippen LogP contribution in [0.15, 0.2) is 24.3 Å². The SMILES string of the molecule is CCNC(C)c1cccc(NC(=O)N(CC)C(C)C)c1. The van der Waals surface area contributed by atoms with E-state index in [1.165, 1.54) is 5.56 Å². The van der Waals surface area contributed by atoms with Gasteiger partial charge >= 0.3 is 6.03 Å². The van der Waals surface area contributed by atoms with E-state index in [-0.39, 0.29) is 18.1 Å². The van der Waals surface area contributed by atoms with Crippen molar-refractivity contribution in [2.24, 2.45) is 0 Å². The molecule has 0 heterocycles. The van der Waals surface area contributed by atoms with Gasteiger partial charge in [-0.25, -0.2) is 4.79 Å². The molecule has 0 aliphatic carbocycles. The molecule has 4 heteroatoms. The Hall–Kier alpha value is -1.55. The molecule has 0 aliphatic rings. The molecule has 1 rings (SSSR count). The van der Waals surface area contributed by atoms with Crippen LogP contribution in [0.4, 0.5) is 10.5 Å². The lowest BCUT2D eigenvalue weighted by molar-refractivity contribution is 0.201. The number of amides is 2. The second-order valence-corrected chi connectivity index (χ2v) is 5.21. The normalized spacial score (nSPS) is 12.3. The fourth-order valence-corrected chi connectivity index (χ4v) is 2.25. The van der Waals surface area contributed by atoms with Gasteiger partial charge in [-0.15, -0.1) is 0 Å². The van der Waals surface area contributed by atoms with Crippen molar-refractivity contribution in [2.75, 3.05) is 18.4 Å². The first-order valence-corrected chi connectivity index (χ1v) is 7.40. The predicted molar refractivity (Wildman–Crippen MR) is 85.1 cm³/mol. The molecule has 1 atom stereocenters. The van der Waals surface area contributed by atoms with Gasteiger partial charge in [0.1, 0.15) is 0 Å². The fourth-order valence-electron chi connectivity index (χ4n) is 2.25. The summed E-state index contributed by atoms with van der Waals surface area (Å²) < 4.78 is 0. The Kier molecular flexibility index (Phi) is 6.52. The maximum Gasteiger partial charge on any atom is 0.322 e. The Labute approximate surface area is 122 Å². The van der Waals surface area contributed by atoms with E-state index in [1.807, 2.05) is 39.0 Å². The molecule has 0 saturated heterocycles. The van der Waals surface area contributed by atoms with E-state index in [4.69, 9.17) is 0 Å². The number of carbonyl (C=O) groups excluding carboxylic acids is 1. The van der Waals surface area contributed by atoms with Crippen LogP contribution >= 0.6 is 0 Å². The molecule has 0 aromatic heterocycles. The Morgan fingerprint density at radius 1 is 1.25 bits per heavy atom. The lowest BCUT2D eigenvalue weighted by atomic mass is 10.1. The number of hydrogen-bond acceptors (Lipinski definition) is 2. The summed E-state index contributed by atoms with van der Waals surface area (Å²) >= 11 is 0. The van der Waals surface area contributed by atoms with Crippen LogP contribution in [0.5, 0.6) is 0 Å². The van der Waals surface area contributed by atoms with Gasteiger partial charge in [0.2, 0.25) is 0 Å². The van der Waals surface area contributed by atoms with E-state index in [0.29, 0.717) is 6.54 Å². The van der Waals surface area contributed by atoms with E-state index in [9.17, 15) is 4.79 Å². The molecule has 0 fully saturated rings. The molecule has 0 radical (unpaired) electrons. The zero-order valence-corrected chi connectivity index (χ0v) is 13.2. The standard InChI is InChI=1S/C16H27N3O/c1-6-17-13(5)14-9-8-10-15(11-14)18-16(20)19(7-2)12(3)4/h8-13,17H,6-7H2,1-5H3,(H,18,20). The van der Waals surface area contributed by atoms with Crippen molar-refractivity contribution >= 4 is 11.7 Å². The van der Waals surface area contributed by atoms with Gasteiger partial charge in [0, 0.05) is 24.3 Å². The number of nitrogens with one attached hydrogen (secondary N) is 2. The number of rotatable bonds is 6. The smallest absolute Gasteiger partial charge is 0.322 e. The van der Waals surface area contributed by atoms with Gasteiger partial charge in [0.25, 0.3) is 0 Å². The van der Waals surface area contributed by atoms with E-state index in [0.717, 1.165) is 12.2 Å². The minimum absolute atomic E-state index is 0.0456. The van der Waals surface area contributed by atoms with Gasteiger partial charge < -0.3 is 15.5 Å². The fraction of sp³-hybridized carbons (Fsp3) is 0.562. The Morgan fingerprint density at radius 3 is 2.50 bits per heavy atom. The van der Waals surface area contributed by atoms with E-state index in [1.54, 1.807) is 4.90 Å². The van der Waals surface area contributed by atoms with Gasteiger partial charge in [0.15, 0.2) is 0 Å². The van der Waals surface area contributed by atoms with Crippen molar-refractivity contribution in [3.05, 3.63) is 29.8 Å². The molecule has 112 valence electrons. The Morgan fingerprint density at radius 2 is 1.95 bits per heavy atom. The van der Waals surface area contributed by atoms with Crippen molar-refractivity contribution in [3.63, 3.8) is 0 Å². The van der Waals surface area contributed by atoms with Crippen molar-refractivity contribution in [1.82, 2.24) is 10.2 Å². The molecule has 2 N–H and O–H groups in total. The monoisotopic (exact) mass is 277 g/mol. The minimum atomic E-state index is -0.0456. The number of nitrogens with zero attached hydrogens (tertiary/aromatic N) is 1. The van der Waals surface area contributed by atoms with Gasteiger partial charge in [-0.05, 0) is 51.9 Å². The third-order valence-corrected chi connectivity index (χ3v) is 3.37. The molecular formula is C16H27N3O. The lowest BCUT2D eigenvalue weighted by Crippen LogP contribution is -2.39. The largest absolute Gasteiger partial charge is 0.322 e. The Bertz CT molecular complexity index is 431. The summed E-state index contributed by atoms with van der Waals surface area (Å²) in [5, 5.41) is 6.34. The summed E-state index contributed by atoms with van der Waals surface area (Å²) in [6.45, 7) is 11.9. The number of anilines is 1. The Balaban J connectivity index is 2.77. The van der Waals surface area contributed by atoms with Gasteiger partial charge in [-0.2, -0.15) is 0 Å². The lowest BCUT2D eigenvalue weighted by Gasteiger charge is -2.25. The minimum Gasteiger partial charge on any atom is -0.322 e. The number of hydrogen-bond donors (Lipinski definition) is 2. The molecule has 1 aromatic rings. The van der Waals surface area contributed by atoms with Crippen LogP contribution in [0.25, 0.3) is 0 Å². The van der Waals surface area contributed by atoms with Crippen LogP contribution in [0, 0.1) is 0 Å². The molecule has 0 saturated carbocycles. The summed E-state index contributed by atoms with van der Waals surface area (Å²) in [5.74, 6) is 0. The van der Waals surface area contributed by atoms with Crippen LogP contribution in [0.2, 0.25) is 0 Å². The maximum absolute atomic E-state index is 12.2. The molecule has 0 bridgehead atoms. The number of urea groups is 1. The van der Waals surface area contributed by atoms with Gasteiger partial charge in [-0.1, -0.05) is 19.1 Å². The first-order valence-electron chi connectivity index (χ1n) is 7.40. The third kappa shape index (κ3) is 4.53. The summed E-state index contributed by atoms with van der Waals surface area (Å²) in [6.07, 6.45) is 0. The van der Waals surface area contributed by atoms with E-state index in [2.05, 4.69) is 30.5 Å².